The van der Waals surface area contributed by atoms with Gasteiger partial charge in [-0.05, 0) is 41.7 Å². The van der Waals surface area contributed by atoms with Crippen LogP contribution in [0.1, 0.15) is 42.7 Å². The van der Waals surface area contributed by atoms with Gasteiger partial charge in [-0.3, -0.25) is 19.3 Å². The van der Waals surface area contributed by atoms with Crippen LogP contribution in [0.5, 0.6) is 6.01 Å². The molecular weight excluding hydrogens is 801 g/mol. The number of hydrogen-bond donors (Lipinski definition) is 4. The molecular formula is C40H38N8O7S3. The van der Waals surface area contributed by atoms with Gasteiger partial charge in [0.1, 0.15) is 29.1 Å². The van der Waals surface area contributed by atoms with Crippen molar-refractivity contribution >= 4 is 62.9 Å². The SMILES string of the molecule is CON=C(C(=O)NC1C(=O)N2C(CC(C)(C)C(=O)O)=C(CSc3cnnc(O)n3)C[S+]([O-])[C@@H]12)c1csc(NC(c2ccccc2)(c2ccccc2)c2ccccc2)n1. The molecule has 7 rings (SSSR count). The number of carboxylic acid groups (broad SMARTS) is 1. The molecule has 3 atom stereocenters. The zero-order valence-corrected chi connectivity index (χ0v) is 33.9. The first-order valence-electron chi connectivity index (χ1n) is 17.9. The van der Waals surface area contributed by atoms with E-state index in [4.69, 9.17) is 9.82 Å². The summed E-state index contributed by atoms with van der Waals surface area (Å²) >= 11 is 0.733. The first-order valence-corrected chi connectivity index (χ1v) is 21.2. The zero-order chi connectivity index (χ0) is 41.0. The number of carbonyl (C=O) groups excluding carboxylic acids is 2. The number of amides is 2. The highest BCUT2D eigenvalue weighted by Crippen LogP contribution is 2.43. The molecule has 0 saturated carbocycles. The summed E-state index contributed by atoms with van der Waals surface area (Å²) < 4.78 is 13.8. The number of thiazole rings is 1. The second-order valence-electron chi connectivity index (χ2n) is 14.0. The van der Waals surface area contributed by atoms with E-state index in [-0.39, 0.29) is 29.3 Å². The average Bonchev–Trinajstić information content (AvgIpc) is 3.69. The first-order chi connectivity index (χ1) is 27.9. The summed E-state index contributed by atoms with van der Waals surface area (Å²) in [5.74, 6) is -2.21. The number of rotatable bonds is 15. The van der Waals surface area contributed by atoms with Crippen LogP contribution in [0.3, 0.4) is 0 Å². The van der Waals surface area contributed by atoms with E-state index >= 15 is 0 Å². The molecule has 0 aliphatic carbocycles. The maximum absolute atomic E-state index is 14.0. The van der Waals surface area contributed by atoms with Gasteiger partial charge in [0.15, 0.2) is 16.9 Å². The van der Waals surface area contributed by atoms with Crippen LogP contribution < -0.4 is 10.6 Å². The lowest BCUT2D eigenvalue weighted by atomic mass is 9.77. The second kappa shape index (κ2) is 17.0. The Bertz CT molecular complexity index is 2270. The van der Waals surface area contributed by atoms with Crippen LogP contribution in [0.25, 0.3) is 0 Å². The first kappa shape index (κ1) is 40.4. The van der Waals surface area contributed by atoms with Crippen molar-refractivity contribution in [2.45, 2.75) is 42.2 Å². The molecule has 1 fully saturated rings. The predicted octanol–water partition coefficient (Wildman–Crippen LogP) is 4.75. The molecule has 2 amide bonds. The molecule has 18 heteroatoms. The van der Waals surface area contributed by atoms with E-state index in [1.807, 2.05) is 91.0 Å². The fourth-order valence-electron chi connectivity index (χ4n) is 6.89. The summed E-state index contributed by atoms with van der Waals surface area (Å²) in [6, 6.07) is 28.2. The number of carbonyl (C=O) groups is 3. The van der Waals surface area contributed by atoms with E-state index in [1.54, 1.807) is 5.38 Å². The lowest BCUT2D eigenvalue weighted by Crippen LogP contribution is -2.74. The highest BCUT2D eigenvalue weighted by atomic mass is 32.2. The molecule has 4 heterocycles. The number of allylic oxidation sites excluding steroid dienone is 1. The molecule has 2 aliphatic rings. The Morgan fingerprint density at radius 1 is 1.02 bits per heavy atom. The Balaban J connectivity index is 1.15. The van der Waals surface area contributed by atoms with E-state index in [0.29, 0.717) is 21.4 Å². The quantitative estimate of drug-likeness (QED) is 0.0280. The standard InChI is InChI=1S/C40H38N8O7S3/c1-39(2,36(51)52)19-29-24(21-56-30-20-41-46-37(53)43-30)23-58(54)35-32(34(50)48(29)35)44-33(49)31(47-55-3)28-22-57-38(42-28)45-40(25-13-7-4-8-14-25,26-15-9-5-10-16-26)27-17-11-6-12-18-27/h4-18,20,22,32,35H,19,21,23H2,1-3H3,(H,42,45)(H,44,49)(H,51,52)(H,43,46,53)/t32?,35-,58?/m0/s1. The van der Waals surface area contributed by atoms with Crippen LogP contribution in [0, 0.1) is 5.41 Å². The van der Waals surface area contributed by atoms with Crippen LogP contribution in [0.4, 0.5) is 5.13 Å². The van der Waals surface area contributed by atoms with Crippen LogP contribution in [0.15, 0.2) is 124 Å². The largest absolute Gasteiger partial charge is 0.614 e. The number of benzene rings is 3. The Morgan fingerprint density at radius 3 is 2.17 bits per heavy atom. The minimum atomic E-state index is -1.69. The predicted molar refractivity (Wildman–Crippen MR) is 219 cm³/mol. The number of aromatic hydroxyl groups is 1. The molecule has 15 nitrogen and oxygen atoms in total. The van der Waals surface area contributed by atoms with Crippen LogP contribution >= 0.6 is 23.1 Å². The maximum Gasteiger partial charge on any atom is 0.334 e. The van der Waals surface area contributed by atoms with Crippen molar-refractivity contribution in [1.82, 2.24) is 30.4 Å². The number of anilines is 1. The smallest absolute Gasteiger partial charge is 0.334 e. The van der Waals surface area contributed by atoms with Crippen molar-refractivity contribution in [3.8, 4) is 6.01 Å². The highest BCUT2D eigenvalue weighted by molar-refractivity contribution is 7.99. The number of hydrogen-bond acceptors (Lipinski definition) is 14. The summed E-state index contributed by atoms with van der Waals surface area (Å²) in [5, 5.41) is 38.7. The van der Waals surface area contributed by atoms with Crippen molar-refractivity contribution in [2.24, 2.45) is 10.6 Å². The minimum absolute atomic E-state index is 0.00939. The van der Waals surface area contributed by atoms with Crippen LogP contribution in [-0.2, 0) is 35.9 Å². The second-order valence-corrected chi connectivity index (χ2v) is 17.4. The maximum atomic E-state index is 14.0. The Labute approximate surface area is 344 Å². The molecule has 4 N–H and O–H groups in total. The van der Waals surface area contributed by atoms with E-state index in [2.05, 4.69) is 31.0 Å². The lowest BCUT2D eigenvalue weighted by Gasteiger charge is -2.51. The van der Waals surface area contributed by atoms with Gasteiger partial charge in [-0.15, -0.1) is 11.3 Å². The number of aromatic nitrogens is 4. The van der Waals surface area contributed by atoms with Crippen molar-refractivity contribution in [1.29, 1.82) is 0 Å². The van der Waals surface area contributed by atoms with Gasteiger partial charge in [0.2, 0.25) is 5.37 Å². The number of nitrogens with one attached hydrogen (secondary N) is 2. The van der Waals surface area contributed by atoms with Crippen LogP contribution in [-0.4, -0.2) is 93.4 Å². The van der Waals surface area contributed by atoms with Crippen molar-refractivity contribution < 1.29 is 34.0 Å². The molecule has 1 saturated heterocycles. The Hall–Kier alpha value is -5.82. The number of oxime groups is 1. The average molecular weight is 839 g/mol. The monoisotopic (exact) mass is 838 g/mol. The summed E-state index contributed by atoms with van der Waals surface area (Å²) in [7, 11) is 1.29. The van der Waals surface area contributed by atoms with Gasteiger partial charge in [-0.1, -0.05) is 113 Å². The molecule has 2 aromatic heterocycles. The molecule has 3 aromatic carbocycles. The van der Waals surface area contributed by atoms with Crippen LogP contribution in [0.2, 0.25) is 0 Å². The third-order valence-corrected chi connectivity index (χ3v) is 13.2. The molecule has 298 valence electrons. The van der Waals surface area contributed by atoms with Gasteiger partial charge in [0.05, 0.1) is 11.6 Å². The topological polar surface area (TPSA) is 215 Å². The van der Waals surface area contributed by atoms with Gasteiger partial charge in [-0.25, -0.2) is 4.98 Å². The van der Waals surface area contributed by atoms with Gasteiger partial charge < -0.3 is 30.2 Å². The normalized spacial score (nSPS) is 18.3. The van der Waals surface area contributed by atoms with Crippen molar-refractivity contribution in [3.63, 3.8) is 0 Å². The lowest BCUT2D eigenvalue weighted by molar-refractivity contribution is -0.150. The third-order valence-electron chi connectivity index (χ3n) is 9.78. The zero-order valence-electron chi connectivity index (χ0n) is 31.4. The number of nitrogens with zero attached hydrogens (tertiary/aromatic N) is 6. The van der Waals surface area contributed by atoms with E-state index < -0.39 is 57.3 Å². The van der Waals surface area contributed by atoms with E-state index in [1.165, 1.54) is 55.2 Å². The number of aliphatic carboxylic acids is 1. The molecule has 0 bridgehead atoms. The van der Waals surface area contributed by atoms with E-state index in [0.717, 1.165) is 16.7 Å². The summed E-state index contributed by atoms with van der Waals surface area (Å²) in [4.78, 5) is 55.3. The Kier molecular flexibility index (Phi) is 11.8. The minimum Gasteiger partial charge on any atom is -0.614 e. The Morgan fingerprint density at radius 2 is 1.62 bits per heavy atom. The van der Waals surface area contributed by atoms with Gasteiger partial charge >= 0.3 is 12.0 Å². The summed E-state index contributed by atoms with van der Waals surface area (Å²) in [6.07, 6.45) is 1.30. The van der Waals surface area contributed by atoms with Gasteiger partial charge in [0, 0.05) is 28.8 Å². The molecule has 0 spiro atoms. The molecule has 58 heavy (non-hydrogen) atoms. The van der Waals surface area contributed by atoms with Gasteiger partial charge in [0.25, 0.3) is 11.8 Å². The number of β-lactam (4-membered cyclic amide) rings is 1. The number of thioether (sulfide) groups is 1. The fraction of sp³-hybridized carbons (Fsp3) is 0.250. The number of carboxylic acids is 1. The van der Waals surface area contributed by atoms with Crippen molar-refractivity contribution in [3.05, 3.63) is 136 Å². The summed E-state index contributed by atoms with van der Waals surface area (Å²) in [5.41, 5.74) is 1.64. The summed E-state index contributed by atoms with van der Waals surface area (Å²) in [6.45, 7) is 3.08. The highest BCUT2D eigenvalue weighted by Gasteiger charge is 2.60. The van der Waals surface area contributed by atoms with Crippen molar-refractivity contribution in [2.75, 3.05) is 23.9 Å². The molecule has 5 aromatic rings. The number of fused-ring (bicyclic) bond motifs is 1. The third kappa shape index (κ3) is 8.00. The van der Waals surface area contributed by atoms with Gasteiger partial charge in [-0.2, -0.15) is 10.1 Å². The fourth-order valence-corrected chi connectivity index (χ4v) is 10.4. The molecule has 2 unspecified atom stereocenters. The molecule has 2 aliphatic heterocycles. The molecule has 0 radical (unpaired) electrons. The van der Waals surface area contributed by atoms with E-state index in [9.17, 15) is 29.1 Å².